The van der Waals surface area contributed by atoms with E-state index in [1.165, 1.54) is 0 Å². The average Bonchev–Trinajstić information content (AvgIpc) is 2.18. The zero-order valence-electron chi connectivity index (χ0n) is 7.24. The summed E-state index contributed by atoms with van der Waals surface area (Å²) in [7, 11) is 0. The van der Waals surface area contributed by atoms with Crippen LogP contribution in [0.2, 0.25) is 0 Å². The Morgan fingerprint density at radius 2 is 2.00 bits per heavy atom. The molecule has 0 aliphatic heterocycles. The highest BCUT2D eigenvalue weighted by Gasteiger charge is 2.13. The highest BCUT2D eigenvalue weighted by atomic mass is 35.5. The molecule has 0 aromatic heterocycles. The molecule has 0 fully saturated rings. The fourth-order valence-corrected chi connectivity index (χ4v) is 1.30. The van der Waals surface area contributed by atoms with Crippen LogP contribution in [-0.2, 0) is 0 Å². The van der Waals surface area contributed by atoms with E-state index in [-0.39, 0.29) is 5.78 Å². The van der Waals surface area contributed by atoms with Crippen molar-refractivity contribution in [3.63, 3.8) is 0 Å². The molecule has 0 amide bonds. The lowest BCUT2D eigenvalue weighted by atomic mass is 10.0. The lowest BCUT2D eigenvalue weighted by Gasteiger charge is -2.07. The van der Waals surface area contributed by atoms with Gasteiger partial charge in [-0.05, 0) is 6.42 Å². The molecule has 0 spiro atoms. The van der Waals surface area contributed by atoms with Crippen LogP contribution in [0.25, 0.3) is 0 Å². The largest absolute Gasteiger partial charge is 0.321 e. The monoisotopic (exact) mass is 197 g/mol. The Hall–Kier alpha value is -0.860. The van der Waals surface area contributed by atoms with Gasteiger partial charge < -0.3 is 5.73 Å². The first-order chi connectivity index (χ1) is 6.25. The zero-order valence-corrected chi connectivity index (χ0v) is 8.00. The van der Waals surface area contributed by atoms with E-state index >= 15 is 0 Å². The summed E-state index contributed by atoms with van der Waals surface area (Å²) in [6.45, 7) is 0. The number of carbonyl (C=O) groups is 1. The van der Waals surface area contributed by atoms with Crippen molar-refractivity contribution < 1.29 is 4.79 Å². The second-order valence-corrected chi connectivity index (χ2v) is 3.19. The van der Waals surface area contributed by atoms with E-state index in [1.807, 2.05) is 18.2 Å². The minimum absolute atomic E-state index is 0.0405. The van der Waals surface area contributed by atoms with E-state index in [2.05, 4.69) is 0 Å². The molecule has 1 aromatic rings. The number of ketones is 1. The number of hydrogen-bond donors (Lipinski definition) is 1. The topological polar surface area (TPSA) is 43.1 Å². The molecule has 1 aromatic carbocycles. The molecule has 0 saturated heterocycles. The van der Waals surface area contributed by atoms with Crippen LogP contribution in [0.3, 0.4) is 0 Å². The highest BCUT2D eigenvalue weighted by Crippen LogP contribution is 2.04. The van der Waals surface area contributed by atoms with Crippen molar-refractivity contribution in [3.05, 3.63) is 35.9 Å². The van der Waals surface area contributed by atoms with Gasteiger partial charge in [0.25, 0.3) is 0 Å². The molecular formula is C10H12ClNO. The van der Waals surface area contributed by atoms with Gasteiger partial charge in [-0.25, -0.2) is 0 Å². The van der Waals surface area contributed by atoms with Crippen LogP contribution in [0.5, 0.6) is 0 Å². The van der Waals surface area contributed by atoms with Gasteiger partial charge in [-0.15, -0.1) is 11.6 Å². The van der Waals surface area contributed by atoms with E-state index in [1.54, 1.807) is 12.1 Å². The molecule has 0 heterocycles. The molecule has 0 saturated carbocycles. The first-order valence-electron chi connectivity index (χ1n) is 4.16. The maximum absolute atomic E-state index is 11.6. The Labute approximate surface area is 82.7 Å². The molecule has 1 atom stereocenters. The molecule has 1 unspecified atom stereocenters. The molecule has 0 bridgehead atoms. The van der Waals surface area contributed by atoms with Crippen molar-refractivity contribution in [1.82, 2.24) is 0 Å². The lowest BCUT2D eigenvalue weighted by Crippen LogP contribution is -2.30. The van der Waals surface area contributed by atoms with Gasteiger partial charge in [-0.1, -0.05) is 30.3 Å². The Morgan fingerprint density at radius 1 is 1.38 bits per heavy atom. The van der Waals surface area contributed by atoms with Gasteiger partial charge in [0.15, 0.2) is 5.78 Å². The molecule has 2 N–H and O–H groups in total. The average molecular weight is 198 g/mol. The highest BCUT2D eigenvalue weighted by molar-refractivity contribution is 6.18. The number of Topliss-reactive ketones (excluding diaryl/α,β-unsaturated/α-hetero) is 1. The van der Waals surface area contributed by atoms with Gasteiger partial charge in [0, 0.05) is 11.4 Å². The van der Waals surface area contributed by atoms with Crippen molar-refractivity contribution in [2.45, 2.75) is 12.5 Å². The predicted molar refractivity (Wildman–Crippen MR) is 54.1 cm³/mol. The molecule has 13 heavy (non-hydrogen) atoms. The predicted octanol–water partition coefficient (Wildman–Crippen LogP) is 1.83. The van der Waals surface area contributed by atoms with Gasteiger partial charge in [0.2, 0.25) is 0 Å². The third-order valence-corrected chi connectivity index (χ3v) is 2.03. The normalized spacial score (nSPS) is 12.5. The number of carbonyl (C=O) groups excluding carboxylic acids is 1. The molecule has 0 aliphatic carbocycles. The van der Waals surface area contributed by atoms with Crippen molar-refractivity contribution in [1.29, 1.82) is 0 Å². The van der Waals surface area contributed by atoms with Crippen LogP contribution in [0.15, 0.2) is 30.3 Å². The summed E-state index contributed by atoms with van der Waals surface area (Å²) in [5.41, 5.74) is 6.28. The fraction of sp³-hybridized carbons (Fsp3) is 0.300. The molecule has 0 aliphatic rings. The Morgan fingerprint density at radius 3 is 2.54 bits per heavy atom. The van der Waals surface area contributed by atoms with Gasteiger partial charge >= 0.3 is 0 Å². The van der Waals surface area contributed by atoms with E-state index < -0.39 is 6.04 Å². The molecular weight excluding hydrogens is 186 g/mol. The van der Waals surface area contributed by atoms with Crippen LogP contribution in [0.4, 0.5) is 0 Å². The molecule has 2 nitrogen and oxygen atoms in total. The maximum atomic E-state index is 11.6. The van der Waals surface area contributed by atoms with Gasteiger partial charge in [-0.3, -0.25) is 4.79 Å². The Balaban J connectivity index is 2.68. The van der Waals surface area contributed by atoms with Crippen molar-refractivity contribution in [3.8, 4) is 0 Å². The third-order valence-electron chi connectivity index (χ3n) is 1.82. The van der Waals surface area contributed by atoms with Crippen molar-refractivity contribution in [2.24, 2.45) is 5.73 Å². The van der Waals surface area contributed by atoms with Crippen LogP contribution in [-0.4, -0.2) is 17.7 Å². The van der Waals surface area contributed by atoms with Crippen molar-refractivity contribution in [2.75, 3.05) is 5.88 Å². The smallest absolute Gasteiger partial charge is 0.179 e. The minimum Gasteiger partial charge on any atom is -0.321 e. The molecule has 1 rings (SSSR count). The Bertz CT molecular complexity index is 274. The number of nitrogens with two attached hydrogens (primary N) is 1. The number of hydrogen-bond acceptors (Lipinski definition) is 2. The number of halogens is 1. The molecule has 0 radical (unpaired) electrons. The number of rotatable bonds is 4. The summed E-state index contributed by atoms with van der Waals surface area (Å²) < 4.78 is 0. The summed E-state index contributed by atoms with van der Waals surface area (Å²) in [6.07, 6.45) is 0.523. The van der Waals surface area contributed by atoms with Crippen LogP contribution in [0, 0.1) is 0 Å². The van der Waals surface area contributed by atoms with E-state index in [0.29, 0.717) is 17.9 Å². The molecule has 3 heteroatoms. The SMILES string of the molecule is NC(CCCl)C(=O)c1ccccc1. The molecule has 70 valence electrons. The zero-order chi connectivity index (χ0) is 9.68. The number of benzene rings is 1. The van der Waals surface area contributed by atoms with E-state index in [0.717, 1.165) is 0 Å². The Kier molecular flexibility index (Phi) is 3.93. The third kappa shape index (κ3) is 2.83. The summed E-state index contributed by atoms with van der Waals surface area (Å²) in [5, 5.41) is 0. The standard InChI is InChI=1S/C10H12ClNO/c11-7-6-9(12)10(13)8-4-2-1-3-5-8/h1-5,9H,6-7,12H2. The minimum atomic E-state index is -0.472. The first-order valence-corrected chi connectivity index (χ1v) is 4.70. The van der Waals surface area contributed by atoms with Crippen LogP contribution >= 0.6 is 11.6 Å². The maximum Gasteiger partial charge on any atom is 0.179 e. The second kappa shape index (κ2) is 5.00. The van der Waals surface area contributed by atoms with E-state index in [4.69, 9.17) is 17.3 Å². The fourth-order valence-electron chi connectivity index (χ4n) is 1.07. The van der Waals surface area contributed by atoms with Gasteiger partial charge in [-0.2, -0.15) is 0 Å². The second-order valence-electron chi connectivity index (χ2n) is 2.81. The number of alkyl halides is 1. The lowest BCUT2D eigenvalue weighted by molar-refractivity contribution is 0.0959. The van der Waals surface area contributed by atoms with Gasteiger partial charge in [0.1, 0.15) is 0 Å². The summed E-state index contributed by atoms with van der Waals surface area (Å²) >= 11 is 5.50. The van der Waals surface area contributed by atoms with Crippen molar-refractivity contribution >= 4 is 17.4 Å². The summed E-state index contributed by atoms with van der Waals surface area (Å²) in [6, 6.07) is 8.55. The van der Waals surface area contributed by atoms with Crippen LogP contribution in [0.1, 0.15) is 16.8 Å². The summed E-state index contributed by atoms with van der Waals surface area (Å²) in [5.74, 6) is 0.376. The van der Waals surface area contributed by atoms with Gasteiger partial charge in [0.05, 0.1) is 6.04 Å². The summed E-state index contributed by atoms with van der Waals surface area (Å²) in [4.78, 5) is 11.6. The quantitative estimate of drug-likeness (QED) is 0.591. The first kappa shape index (κ1) is 10.2. The van der Waals surface area contributed by atoms with Crippen LogP contribution < -0.4 is 5.73 Å². The van der Waals surface area contributed by atoms with E-state index in [9.17, 15) is 4.79 Å².